The molecule has 168 valence electrons. The number of rotatable bonds is 9. The molecule has 4 rings (SSSR count). The van der Waals surface area contributed by atoms with E-state index in [1.807, 2.05) is 78.6 Å². The van der Waals surface area contributed by atoms with E-state index in [2.05, 4.69) is 10.3 Å². The van der Waals surface area contributed by atoms with Crippen molar-refractivity contribution in [1.82, 2.24) is 15.2 Å². The van der Waals surface area contributed by atoms with Crippen LogP contribution in [0.5, 0.6) is 0 Å². The zero-order valence-corrected chi connectivity index (χ0v) is 18.4. The highest BCUT2D eigenvalue weighted by molar-refractivity contribution is 5.92. The zero-order valence-electron chi connectivity index (χ0n) is 18.4. The van der Waals surface area contributed by atoms with E-state index in [-0.39, 0.29) is 23.5 Å². The van der Waals surface area contributed by atoms with Gasteiger partial charge in [0.2, 0.25) is 5.89 Å². The summed E-state index contributed by atoms with van der Waals surface area (Å²) in [5.74, 6) is -0.150. The summed E-state index contributed by atoms with van der Waals surface area (Å²) in [5, 5.41) is 2.94. The molecule has 0 spiro atoms. The summed E-state index contributed by atoms with van der Waals surface area (Å²) in [7, 11) is 0. The number of oxazole rings is 1. The number of aromatic nitrogens is 1. The molecule has 0 bridgehead atoms. The highest BCUT2D eigenvalue weighted by atomic mass is 19.1. The van der Waals surface area contributed by atoms with Crippen LogP contribution < -0.4 is 5.32 Å². The Kier molecular flexibility index (Phi) is 7.27. The topological polar surface area (TPSA) is 58.4 Å². The van der Waals surface area contributed by atoms with E-state index in [9.17, 15) is 9.18 Å². The molecule has 1 heterocycles. The molecule has 0 aliphatic rings. The maximum Gasteiger partial charge on any atom is 0.273 e. The average Bonchev–Trinajstić information content (AvgIpc) is 3.30. The molecule has 0 aliphatic heterocycles. The van der Waals surface area contributed by atoms with Crippen molar-refractivity contribution in [3.63, 3.8) is 0 Å². The van der Waals surface area contributed by atoms with E-state index >= 15 is 0 Å². The number of amides is 1. The van der Waals surface area contributed by atoms with E-state index in [1.54, 1.807) is 12.1 Å². The van der Waals surface area contributed by atoms with Crippen molar-refractivity contribution in [1.29, 1.82) is 0 Å². The van der Waals surface area contributed by atoms with Crippen LogP contribution in [-0.2, 0) is 19.6 Å². The predicted octanol–water partition coefficient (Wildman–Crippen LogP) is 5.51. The summed E-state index contributed by atoms with van der Waals surface area (Å²) in [6.07, 6.45) is 1.37. The molecule has 6 heteroatoms. The van der Waals surface area contributed by atoms with Crippen LogP contribution in [0.15, 0.2) is 95.6 Å². The lowest BCUT2D eigenvalue weighted by atomic mass is 10.1. The minimum atomic E-state index is -0.301. The van der Waals surface area contributed by atoms with Crippen LogP contribution in [-0.4, -0.2) is 15.8 Å². The van der Waals surface area contributed by atoms with Gasteiger partial charge in [0.25, 0.3) is 5.91 Å². The Balaban J connectivity index is 1.46. The lowest BCUT2D eigenvalue weighted by Gasteiger charge is -2.21. The highest BCUT2D eigenvalue weighted by Crippen LogP contribution is 2.17. The number of nitrogens with one attached hydrogen (secondary N) is 1. The van der Waals surface area contributed by atoms with E-state index in [0.717, 1.165) is 11.1 Å². The van der Waals surface area contributed by atoms with Gasteiger partial charge in [-0.15, -0.1) is 0 Å². The Morgan fingerprint density at radius 3 is 2.33 bits per heavy atom. The third-order valence-corrected chi connectivity index (χ3v) is 5.39. The summed E-state index contributed by atoms with van der Waals surface area (Å²) >= 11 is 0. The molecule has 0 saturated carbocycles. The molecule has 0 radical (unpaired) electrons. The van der Waals surface area contributed by atoms with Crippen molar-refractivity contribution >= 4 is 5.91 Å². The second-order valence-corrected chi connectivity index (χ2v) is 7.95. The minimum absolute atomic E-state index is 0.158. The zero-order chi connectivity index (χ0) is 23.0. The first kappa shape index (κ1) is 22.4. The van der Waals surface area contributed by atoms with Crippen LogP contribution in [0.2, 0.25) is 0 Å². The number of hydrogen-bond acceptors (Lipinski definition) is 4. The summed E-state index contributed by atoms with van der Waals surface area (Å²) in [5.41, 5.74) is 2.91. The smallest absolute Gasteiger partial charge is 0.273 e. The van der Waals surface area contributed by atoms with Gasteiger partial charge < -0.3 is 9.73 Å². The average molecular weight is 444 g/mol. The van der Waals surface area contributed by atoms with Gasteiger partial charge in [-0.1, -0.05) is 78.9 Å². The third-order valence-electron chi connectivity index (χ3n) is 5.39. The maximum absolute atomic E-state index is 14.3. The molecule has 0 fully saturated rings. The van der Waals surface area contributed by atoms with Gasteiger partial charge in [-0.2, -0.15) is 0 Å². The summed E-state index contributed by atoms with van der Waals surface area (Å²) in [6, 6.07) is 26.2. The highest BCUT2D eigenvalue weighted by Gasteiger charge is 2.18. The first-order chi connectivity index (χ1) is 16.1. The normalized spacial score (nSPS) is 12.0. The fourth-order valence-corrected chi connectivity index (χ4v) is 3.65. The maximum atomic E-state index is 14.3. The molecule has 1 aromatic heterocycles. The number of hydrogen-bond donors (Lipinski definition) is 1. The molecule has 3 aromatic carbocycles. The van der Waals surface area contributed by atoms with Gasteiger partial charge in [0.05, 0.1) is 12.6 Å². The van der Waals surface area contributed by atoms with Gasteiger partial charge in [0.15, 0.2) is 5.69 Å². The first-order valence-corrected chi connectivity index (χ1v) is 10.9. The van der Waals surface area contributed by atoms with Crippen LogP contribution in [0.3, 0.4) is 0 Å². The largest absolute Gasteiger partial charge is 0.447 e. The van der Waals surface area contributed by atoms with E-state index in [4.69, 9.17) is 4.42 Å². The number of nitrogens with zero attached hydrogens (tertiary/aromatic N) is 2. The summed E-state index contributed by atoms with van der Waals surface area (Å²) < 4.78 is 19.9. The fraction of sp³-hybridized carbons (Fsp3) is 0.185. The molecule has 1 unspecified atom stereocenters. The number of halogens is 1. The monoisotopic (exact) mass is 443 g/mol. The van der Waals surface area contributed by atoms with Crippen molar-refractivity contribution in [3.8, 4) is 0 Å². The Bertz CT molecular complexity index is 1180. The minimum Gasteiger partial charge on any atom is -0.447 e. The number of carbonyl (C=O) groups excluding carboxylic acids is 1. The van der Waals surface area contributed by atoms with Crippen LogP contribution in [0.25, 0.3) is 0 Å². The van der Waals surface area contributed by atoms with Crippen LogP contribution in [0.1, 0.15) is 46.0 Å². The van der Waals surface area contributed by atoms with Gasteiger partial charge in [0, 0.05) is 18.7 Å². The molecule has 1 atom stereocenters. The molecule has 1 N–H and O–H groups in total. The van der Waals surface area contributed by atoms with Crippen LogP contribution in [0, 0.1) is 5.82 Å². The van der Waals surface area contributed by atoms with Gasteiger partial charge in [-0.25, -0.2) is 9.37 Å². The van der Waals surface area contributed by atoms with E-state index in [1.165, 1.54) is 12.3 Å². The van der Waals surface area contributed by atoms with E-state index in [0.29, 0.717) is 31.1 Å². The van der Waals surface area contributed by atoms with Gasteiger partial charge in [-0.3, -0.25) is 9.69 Å². The predicted molar refractivity (Wildman–Crippen MR) is 125 cm³/mol. The van der Waals surface area contributed by atoms with Crippen molar-refractivity contribution in [2.75, 3.05) is 0 Å². The standard InChI is InChI=1S/C27H26FN3O2/c1-20(22-12-6-3-7-13-22)29-27(32)25-19-33-26(30-25)18-31(16-21-10-4-2-5-11-21)17-23-14-8-9-15-24(23)28/h2-15,19-20H,16-18H2,1H3,(H,29,32). The molecule has 1 amide bonds. The number of benzene rings is 3. The Morgan fingerprint density at radius 1 is 0.939 bits per heavy atom. The van der Waals surface area contributed by atoms with Crippen molar-refractivity contribution in [2.45, 2.75) is 32.6 Å². The Labute approximate surface area is 192 Å². The molecule has 4 aromatic rings. The lowest BCUT2D eigenvalue weighted by Crippen LogP contribution is -2.27. The Morgan fingerprint density at radius 2 is 1.61 bits per heavy atom. The SMILES string of the molecule is CC(NC(=O)c1coc(CN(Cc2ccccc2)Cc2ccccc2F)n1)c1ccccc1. The van der Waals surface area contributed by atoms with Crippen LogP contribution >= 0.6 is 0 Å². The second kappa shape index (κ2) is 10.7. The number of carbonyl (C=O) groups is 1. The third kappa shape index (κ3) is 6.14. The summed E-state index contributed by atoms with van der Waals surface area (Å²) in [6.45, 7) is 3.23. The Hall–Kier alpha value is -3.77. The molecular weight excluding hydrogens is 417 g/mol. The van der Waals surface area contributed by atoms with Gasteiger partial charge in [0.1, 0.15) is 12.1 Å². The first-order valence-electron chi connectivity index (χ1n) is 10.9. The fourth-order valence-electron chi connectivity index (χ4n) is 3.65. The van der Waals surface area contributed by atoms with Crippen molar-refractivity contribution in [3.05, 3.63) is 125 Å². The molecule has 0 aliphatic carbocycles. The molecule has 33 heavy (non-hydrogen) atoms. The van der Waals surface area contributed by atoms with Gasteiger partial charge in [-0.05, 0) is 24.1 Å². The molecular formula is C27H26FN3O2. The lowest BCUT2D eigenvalue weighted by molar-refractivity contribution is 0.0934. The van der Waals surface area contributed by atoms with Crippen LogP contribution in [0.4, 0.5) is 4.39 Å². The van der Waals surface area contributed by atoms with Crippen molar-refractivity contribution in [2.24, 2.45) is 0 Å². The van der Waals surface area contributed by atoms with Gasteiger partial charge >= 0.3 is 0 Å². The summed E-state index contributed by atoms with van der Waals surface area (Å²) in [4.78, 5) is 19.1. The molecule has 0 saturated heterocycles. The van der Waals surface area contributed by atoms with E-state index < -0.39 is 0 Å². The quantitative estimate of drug-likeness (QED) is 0.371. The second-order valence-electron chi connectivity index (χ2n) is 7.95. The molecule has 5 nitrogen and oxygen atoms in total. The van der Waals surface area contributed by atoms with Crippen molar-refractivity contribution < 1.29 is 13.6 Å².